The van der Waals surface area contributed by atoms with Gasteiger partial charge in [-0.2, -0.15) is 0 Å². The van der Waals surface area contributed by atoms with Crippen LogP contribution in [0.1, 0.15) is 33.2 Å². The number of ether oxygens (including phenoxy) is 8. The van der Waals surface area contributed by atoms with Crippen LogP contribution >= 0.6 is 0 Å². The smallest absolute Gasteiger partial charge is 0.342 e. The number of rotatable bonds is 10. The lowest BCUT2D eigenvalue weighted by molar-refractivity contribution is -0.289. The van der Waals surface area contributed by atoms with E-state index in [1.165, 1.54) is 38.5 Å². The van der Waals surface area contributed by atoms with Crippen molar-refractivity contribution in [3.8, 4) is 23.0 Å². The van der Waals surface area contributed by atoms with E-state index in [1.807, 2.05) is 0 Å². The van der Waals surface area contributed by atoms with Gasteiger partial charge in [0.25, 0.3) is 0 Å². The predicted molar refractivity (Wildman–Crippen MR) is 150 cm³/mol. The Bertz CT molecular complexity index is 1430. The highest BCUT2D eigenvalue weighted by molar-refractivity contribution is 5.95. The van der Waals surface area contributed by atoms with E-state index >= 15 is 0 Å². The quantitative estimate of drug-likeness (QED) is 0.169. The maximum absolute atomic E-state index is 12.6. The van der Waals surface area contributed by atoms with Gasteiger partial charge in [-0.25, -0.2) is 9.59 Å². The van der Waals surface area contributed by atoms with Crippen LogP contribution in [0.4, 0.5) is 0 Å². The number of aliphatic hydroxyl groups excluding tert-OH is 4. The molecule has 16 heteroatoms. The zero-order chi connectivity index (χ0) is 33.3. The minimum atomic E-state index is -2.05. The summed E-state index contributed by atoms with van der Waals surface area (Å²) in [4.78, 5) is 24.8. The van der Waals surface area contributed by atoms with Crippen LogP contribution in [0, 0.1) is 0 Å². The molecule has 2 fully saturated rings. The highest BCUT2D eigenvalue weighted by atomic mass is 16.7. The van der Waals surface area contributed by atoms with Crippen molar-refractivity contribution in [1.29, 1.82) is 0 Å². The Balaban J connectivity index is 1.18. The second kappa shape index (κ2) is 13.5. The molecule has 16 nitrogen and oxygen atoms in total. The summed E-state index contributed by atoms with van der Waals surface area (Å²) in [6, 6.07) is 6.91. The second-order valence-corrected chi connectivity index (χ2v) is 11.2. The monoisotopic (exact) mass is 652 g/mol. The van der Waals surface area contributed by atoms with Gasteiger partial charge in [0, 0.05) is 12.5 Å². The van der Waals surface area contributed by atoms with Crippen LogP contribution < -0.4 is 14.2 Å². The molecule has 0 spiro atoms. The van der Waals surface area contributed by atoms with Gasteiger partial charge in [0.1, 0.15) is 60.3 Å². The number of hydrogen-bond donors (Lipinski definition) is 6. The van der Waals surface area contributed by atoms with Crippen molar-refractivity contribution in [2.75, 3.05) is 34.0 Å². The topological polar surface area (TPSA) is 229 Å². The summed E-state index contributed by atoms with van der Waals surface area (Å²) in [7, 11) is 2.84. The minimum absolute atomic E-state index is 0.00713. The lowest BCUT2D eigenvalue weighted by Crippen LogP contribution is -2.60. The first-order valence-electron chi connectivity index (χ1n) is 14.3. The van der Waals surface area contributed by atoms with Gasteiger partial charge in [0.15, 0.2) is 23.4 Å². The Morgan fingerprint density at radius 2 is 1.74 bits per heavy atom. The largest absolute Gasteiger partial charge is 0.507 e. The van der Waals surface area contributed by atoms with Crippen LogP contribution in [-0.2, 0) is 30.1 Å². The average molecular weight is 653 g/mol. The highest BCUT2D eigenvalue weighted by Gasteiger charge is 2.51. The van der Waals surface area contributed by atoms with Crippen LogP contribution in [0.2, 0.25) is 0 Å². The normalized spacial score (nSPS) is 32.3. The Labute approximate surface area is 262 Å². The van der Waals surface area contributed by atoms with Gasteiger partial charge in [0.05, 0.1) is 33.0 Å². The van der Waals surface area contributed by atoms with Gasteiger partial charge < -0.3 is 68.5 Å². The standard InChI is InChI=1S/C30H36O16/c1-13-6-15-7-16(9-17(31)21(15)27(37)44-13)45-28-24(34)23(33)22(32)20(46-28)10-41-29-25(35)30(38,12-43-29)11-42-26(36)14-4-5-18(39-2)19(8-14)40-3/h4-5,7-9,13,20,22-25,28-29,31-35,38H,6,10-12H2,1-3H3/t13-,20-,22-,23+,24-,25+,28-,29-,30-/m0/s1. The summed E-state index contributed by atoms with van der Waals surface area (Å²) in [5.41, 5.74) is -1.52. The van der Waals surface area contributed by atoms with Gasteiger partial charge in [-0.3, -0.25) is 0 Å². The molecule has 0 saturated carbocycles. The Hall–Kier alpha value is -3.74. The maximum atomic E-state index is 12.6. The molecule has 2 aromatic rings. The molecule has 2 saturated heterocycles. The molecule has 0 aliphatic carbocycles. The third-order valence-electron chi connectivity index (χ3n) is 7.92. The summed E-state index contributed by atoms with van der Waals surface area (Å²) < 4.78 is 42.9. The van der Waals surface area contributed by atoms with Crippen molar-refractivity contribution in [3.63, 3.8) is 0 Å². The summed E-state index contributed by atoms with van der Waals surface area (Å²) in [5, 5.41) is 63.6. The number of aromatic hydroxyl groups is 1. The third kappa shape index (κ3) is 6.70. The number of esters is 2. The fourth-order valence-corrected chi connectivity index (χ4v) is 5.35. The van der Waals surface area contributed by atoms with E-state index in [0.29, 0.717) is 17.7 Å². The Kier molecular flexibility index (Phi) is 9.90. The van der Waals surface area contributed by atoms with E-state index in [9.17, 15) is 40.2 Å². The Morgan fingerprint density at radius 3 is 2.46 bits per heavy atom. The molecule has 5 rings (SSSR count). The molecular formula is C30H36O16. The number of aliphatic hydroxyl groups is 5. The number of hydrogen-bond acceptors (Lipinski definition) is 16. The molecule has 0 amide bonds. The third-order valence-corrected chi connectivity index (χ3v) is 7.92. The number of fused-ring (bicyclic) bond motifs is 1. The molecule has 0 aromatic heterocycles. The SMILES string of the molecule is COc1ccc(C(=O)OC[C@]2(O)CO[C@H](OC[C@@H]3O[C@H](Oc4cc(O)c5c(c4)C[C@H](C)OC5=O)[C@@H](O)[C@H](O)[C@H]3O)[C@H]2O)cc1OC. The van der Waals surface area contributed by atoms with Crippen molar-refractivity contribution in [3.05, 3.63) is 47.0 Å². The van der Waals surface area contributed by atoms with E-state index in [2.05, 4.69) is 0 Å². The molecule has 6 N–H and O–H groups in total. The minimum Gasteiger partial charge on any atom is -0.507 e. The molecular weight excluding hydrogens is 616 g/mol. The van der Waals surface area contributed by atoms with E-state index in [0.717, 1.165) is 6.07 Å². The van der Waals surface area contributed by atoms with E-state index in [4.69, 9.17) is 37.9 Å². The molecule has 3 heterocycles. The fraction of sp³-hybridized carbons (Fsp3) is 0.533. The van der Waals surface area contributed by atoms with Crippen LogP contribution in [-0.4, -0.2) is 131 Å². The average Bonchev–Trinajstić information content (AvgIpc) is 3.31. The first-order chi connectivity index (χ1) is 21.8. The maximum Gasteiger partial charge on any atom is 0.342 e. The number of cyclic esters (lactones) is 1. The van der Waals surface area contributed by atoms with Crippen LogP contribution in [0.3, 0.4) is 0 Å². The van der Waals surface area contributed by atoms with Crippen molar-refractivity contribution in [2.45, 2.75) is 68.1 Å². The summed E-state index contributed by atoms with van der Waals surface area (Å²) in [6.07, 6.45) is -11.3. The van der Waals surface area contributed by atoms with Crippen molar-refractivity contribution >= 4 is 11.9 Å². The first-order valence-corrected chi connectivity index (χ1v) is 14.3. The Morgan fingerprint density at radius 1 is 1.00 bits per heavy atom. The van der Waals surface area contributed by atoms with Gasteiger partial charge in [-0.15, -0.1) is 0 Å². The van der Waals surface area contributed by atoms with Crippen LogP contribution in [0.25, 0.3) is 0 Å². The number of methoxy groups -OCH3 is 2. The number of phenolic OH excluding ortho intramolecular Hbond substituents is 1. The predicted octanol–water partition coefficient (Wildman–Crippen LogP) is -0.981. The summed E-state index contributed by atoms with van der Waals surface area (Å²) in [6.45, 7) is 0.0368. The van der Waals surface area contributed by atoms with Crippen molar-refractivity contribution in [1.82, 2.24) is 0 Å². The van der Waals surface area contributed by atoms with Gasteiger partial charge in [0.2, 0.25) is 6.29 Å². The second-order valence-electron chi connectivity index (χ2n) is 11.2. The zero-order valence-corrected chi connectivity index (χ0v) is 25.1. The first kappa shape index (κ1) is 33.6. The summed E-state index contributed by atoms with van der Waals surface area (Å²) >= 11 is 0. The summed E-state index contributed by atoms with van der Waals surface area (Å²) in [5.74, 6) is -1.23. The number of carbonyl (C=O) groups excluding carboxylic acids is 2. The molecule has 0 bridgehead atoms. The molecule has 3 aliphatic rings. The van der Waals surface area contributed by atoms with E-state index in [-0.39, 0.29) is 22.6 Å². The van der Waals surface area contributed by atoms with Crippen LogP contribution in [0.5, 0.6) is 23.0 Å². The van der Waals surface area contributed by atoms with E-state index in [1.54, 1.807) is 6.92 Å². The molecule has 0 unspecified atom stereocenters. The number of carbonyl (C=O) groups is 2. The molecule has 3 aliphatic heterocycles. The van der Waals surface area contributed by atoms with Gasteiger partial charge >= 0.3 is 11.9 Å². The molecule has 2 aromatic carbocycles. The molecule has 0 radical (unpaired) electrons. The van der Waals surface area contributed by atoms with E-state index < -0.39 is 92.3 Å². The molecule has 252 valence electrons. The number of phenols is 1. The van der Waals surface area contributed by atoms with Gasteiger partial charge in [-0.1, -0.05) is 0 Å². The number of benzene rings is 2. The highest BCUT2D eigenvalue weighted by Crippen LogP contribution is 2.35. The fourth-order valence-electron chi connectivity index (χ4n) is 5.35. The zero-order valence-electron chi connectivity index (χ0n) is 25.1. The van der Waals surface area contributed by atoms with Crippen LogP contribution in [0.15, 0.2) is 30.3 Å². The lowest BCUT2D eigenvalue weighted by atomic mass is 9.97. The van der Waals surface area contributed by atoms with Gasteiger partial charge in [-0.05, 0) is 36.8 Å². The molecule has 46 heavy (non-hydrogen) atoms. The van der Waals surface area contributed by atoms with Crippen molar-refractivity contribution in [2.24, 2.45) is 0 Å². The lowest BCUT2D eigenvalue weighted by Gasteiger charge is -2.40. The van der Waals surface area contributed by atoms with Crippen molar-refractivity contribution < 1.29 is 78.1 Å². The molecule has 9 atom stereocenters.